The van der Waals surface area contributed by atoms with Crippen molar-refractivity contribution < 1.29 is 9.59 Å². The lowest BCUT2D eigenvalue weighted by Crippen LogP contribution is -2.62. The normalized spacial score (nSPS) is 26.6. The van der Waals surface area contributed by atoms with Crippen molar-refractivity contribution in [3.05, 3.63) is 0 Å². The fourth-order valence-electron chi connectivity index (χ4n) is 1.90. The Hall–Kier alpha value is -1.10. The van der Waals surface area contributed by atoms with Crippen molar-refractivity contribution >= 4 is 11.8 Å². The van der Waals surface area contributed by atoms with Crippen molar-refractivity contribution in [2.45, 2.75) is 18.9 Å². The molecule has 2 amide bonds. The van der Waals surface area contributed by atoms with Crippen LogP contribution in [0.2, 0.25) is 0 Å². The van der Waals surface area contributed by atoms with Crippen molar-refractivity contribution in [1.82, 2.24) is 9.80 Å². The lowest BCUT2D eigenvalue weighted by atomic mass is 10.1. The zero-order valence-electron chi connectivity index (χ0n) is 8.11. The van der Waals surface area contributed by atoms with Crippen LogP contribution in [0.3, 0.4) is 0 Å². The molecule has 5 nitrogen and oxygen atoms in total. The highest BCUT2D eigenvalue weighted by Gasteiger charge is 2.35. The van der Waals surface area contributed by atoms with Gasteiger partial charge in [-0.1, -0.05) is 0 Å². The van der Waals surface area contributed by atoms with Crippen LogP contribution in [0, 0.1) is 0 Å². The highest BCUT2D eigenvalue weighted by atomic mass is 16.2. The van der Waals surface area contributed by atoms with Crippen LogP contribution in [0.1, 0.15) is 12.8 Å². The Morgan fingerprint density at radius 3 is 2.57 bits per heavy atom. The summed E-state index contributed by atoms with van der Waals surface area (Å²) in [6.45, 7) is 2.42. The van der Waals surface area contributed by atoms with Crippen LogP contribution >= 0.6 is 0 Å². The molecule has 1 atom stereocenters. The monoisotopic (exact) mass is 197 g/mol. The molecule has 0 radical (unpaired) electrons. The Morgan fingerprint density at radius 1 is 1.43 bits per heavy atom. The van der Waals surface area contributed by atoms with E-state index < -0.39 is 0 Å². The number of nitrogens with two attached hydrogens (primary N) is 1. The molecule has 0 aliphatic carbocycles. The van der Waals surface area contributed by atoms with Gasteiger partial charge in [0, 0.05) is 19.6 Å². The molecule has 0 bridgehead atoms. The van der Waals surface area contributed by atoms with Crippen molar-refractivity contribution in [2.75, 3.05) is 26.2 Å². The number of rotatable bonds is 2. The van der Waals surface area contributed by atoms with Crippen molar-refractivity contribution in [1.29, 1.82) is 0 Å². The summed E-state index contributed by atoms with van der Waals surface area (Å²) in [5.74, 6) is -0.0414. The summed E-state index contributed by atoms with van der Waals surface area (Å²) in [4.78, 5) is 26.1. The molecule has 2 saturated heterocycles. The third-order valence-electron chi connectivity index (χ3n) is 2.83. The fourth-order valence-corrected chi connectivity index (χ4v) is 1.90. The Kier molecular flexibility index (Phi) is 2.41. The van der Waals surface area contributed by atoms with Crippen molar-refractivity contribution in [3.8, 4) is 0 Å². The van der Waals surface area contributed by atoms with Crippen LogP contribution in [0.25, 0.3) is 0 Å². The lowest BCUT2D eigenvalue weighted by molar-refractivity contribution is -0.148. The van der Waals surface area contributed by atoms with Crippen molar-refractivity contribution in [2.24, 2.45) is 5.73 Å². The first kappa shape index (κ1) is 9.45. The number of carbonyl (C=O) groups is 2. The molecule has 2 aliphatic heterocycles. The van der Waals surface area contributed by atoms with Gasteiger partial charge in [0.2, 0.25) is 11.8 Å². The second kappa shape index (κ2) is 3.57. The largest absolute Gasteiger partial charge is 0.341 e. The molecule has 0 aromatic heterocycles. The number of hydrogen-bond acceptors (Lipinski definition) is 3. The van der Waals surface area contributed by atoms with Crippen LogP contribution in [-0.4, -0.2) is 53.8 Å². The number of likely N-dealkylation sites (tertiary alicyclic amines) is 2. The van der Waals surface area contributed by atoms with Crippen LogP contribution < -0.4 is 5.73 Å². The third kappa shape index (κ3) is 1.59. The molecule has 2 rings (SSSR count). The van der Waals surface area contributed by atoms with Gasteiger partial charge >= 0.3 is 0 Å². The molecule has 2 fully saturated rings. The summed E-state index contributed by atoms with van der Waals surface area (Å²) >= 11 is 0. The predicted octanol–water partition coefficient (Wildman–Crippen LogP) is -1.22. The summed E-state index contributed by atoms with van der Waals surface area (Å²) < 4.78 is 0. The molecular weight excluding hydrogens is 182 g/mol. The first-order valence-corrected chi connectivity index (χ1v) is 5.00. The lowest BCUT2D eigenvalue weighted by Gasteiger charge is -2.36. The highest BCUT2D eigenvalue weighted by molar-refractivity contribution is 5.92. The summed E-state index contributed by atoms with van der Waals surface area (Å²) in [6.07, 6.45) is 2.17. The molecule has 1 unspecified atom stereocenters. The van der Waals surface area contributed by atoms with Gasteiger partial charge in [0.05, 0.1) is 6.54 Å². The maximum atomic E-state index is 11.6. The van der Waals surface area contributed by atoms with E-state index >= 15 is 0 Å². The van der Waals surface area contributed by atoms with Crippen LogP contribution in [0.4, 0.5) is 0 Å². The Bertz CT molecular complexity index is 261. The third-order valence-corrected chi connectivity index (χ3v) is 2.83. The van der Waals surface area contributed by atoms with Crippen LogP contribution in [0.15, 0.2) is 0 Å². The molecule has 2 N–H and O–H groups in total. The fraction of sp³-hybridized carbons (Fsp3) is 0.778. The van der Waals surface area contributed by atoms with Gasteiger partial charge in [-0.15, -0.1) is 0 Å². The Balaban J connectivity index is 1.80. The van der Waals surface area contributed by atoms with E-state index in [2.05, 4.69) is 0 Å². The van der Waals surface area contributed by atoms with Gasteiger partial charge in [0.15, 0.2) is 0 Å². The number of carbonyl (C=O) groups excluding carboxylic acids is 2. The van der Waals surface area contributed by atoms with Gasteiger partial charge in [-0.3, -0.25) is 9.59 Å². The SMILES string of the molecule is NC1CN(CC(=O)N2CCCC2)C1=O. The molecule has 14 heavy (non-hydrogen) atoms. The zero-order valence-corrected chi connectivity index (χ0v) is 8.11. The van der Waals surface area contributed by atoms with Crippen LogP contribution in [0.5, 0.6) is 0 Å². The number of β-lactam (4-membered cyclic amide) rings is 1. The van der Waals surface area contributed by atoms with Gasteiger partial charge in [-0.25, -0.2) is 0 Å². The second-order valence-electron chi connectivity index (χ2n) is 3.91. The van der Waals surface area contributed by atoms with E-state index in [4.69, 9.17) is 5.73 Å². The number of nitrogens with zero attached hydrogens (tertiary/aromatic N) is 2. The summed E-state index contributed by atoms with van der Waals surface area (Å²) in [5.41, 5.74) is 5.43. The van der Waals surface area contributed by atoms with E-state index in [-0.39, 0.29) is 24.4 Å². The minimum atomic E-state index is -0.374. The highest BCUT2D eigenvalue weighted by Crippen LogP contribution is 2.11. The summed E-state index contributed by atoms with van der Waals surface area (Å²) in [6, 6.07) is -0.374. The summed E-state index contributed by atoms with van der Waals surface area (Å²) in [7, 11) is 0. The first-order valence-electron chi connectivity index (χ1n) is 5.00. The van der Waals surface area contributed by atoms with E-state index in [1.165, 1.54) is 4.90 Å². The van der Waals surface area contributed by atoms with Gasteiger partial charge in [-0.2, -0.15) is 0 Å². The molecule has 2 heterocycles. The van der Waals surface area contributed by atoms with E-state index in [1.54, 1.807) is 0 Å². The average molecular weight is 197 g/mol. The van der Waals surface area contributed by atoms with E-state index in [0.29, 0.717) is 6.54 Å². The zero-order chi connectivity index (χ0) is 10.1. The molecule has 0 spiro atoms. The molecule has 2 aliphatic rings. The van der Waals surface area contributed by atoms with Gasteiger partial charge in [0.1, 0.15) is 6.04 Å². The first-order chi connectivity index (χ1) is 6.68. The Labute approximate surface area is 82.8 Å². The van der Waals surface area contributed by atoms with Gasteiger partial charge in [-0.05, 0) is 12.8 Å². The van der Waals surface area contributed by atoms with E-state index in [0.717, 1.165) is 25.9 Å². The average Bonchev–Trinajstić information content (AvgIpc) is 2.69. The predicted molar refractivity (Wildman–Crippen MR) is 50.4 cm³/mol. The number of hydrogen-bond donors (Lipinski definition) is 1. The second-order valence-corrected chi connectivity index (χ2v) is 3.91. The summed E-state index contributed by atoms with van der Waals surface area (Å²) in [5, 5.41) is 0. The molecule has 78 valence electrons. The van der Waals surface area contributed by atoms with E-state index in [9.17, 15) is 9.59 Å². The van der Waals surface area contributed by atoms with Gasteiger partial charge in [0.25, 0.3) is 0 Å². The molecular formula is C9H15N3O2. The van der Waals surface area contributed by atoms with Crippen molar-refractivity contribution in [3.63, 3.8) is 0 Å². The smallest absolute Gasteiger partial charge is 0.242 e. The maximum absolute atomic E-state index is 11.6. The molecule has 0 aromatic carbocycles. The molecule has 5 heteroatoms. The minimum Gasteiger partial charge on any atom is -0.341 e. The number of amides is 2. The standard InChI is InChI=1S/C9H15N3O2/c10-7-5-12(9(7)14)6-8(13)11-3-1-2-4-11/h7H,1-6,10H2. The van der Waals surface area contributed by atoms with Crippen LogP contribution in [-0.2, 0) is 9.59 Å². The topological polar surface area (TPSA) is 66.6 Å². The van der Waals surface area contributed by atoms with E-state index in [1.807, 2.05) is 4.90 Å². The Morgan fingerprint density at radius 2 is 2.07 bits per heavy atom. The minimum absolute atomic E-state index is 0.0581. The van der Waals surface area contributed by atoms with Gasteiger partial charge < -0.3 is 15.5 Å². The quantitative estimate of drug-likeness (QED) is 0.564. The molecule has 0 saturated carbocycles. The maximum Gasteiger partial charge on any atom is 0.242 e. The molecule has 0 aromatic rings.